The summed E-state index contributed by atoms with van der Waals surface area (Å²) in [5.41, 5.74) is 0.880. The highest BCUT2D eigenvalue weighted by Gasteiger charge is 2.28. The number of carbonyl (C=O) groups is 1. The summed E-state index contributed by atoms with van der Waals surface area (Å²) in [5.74, 6) is 1.54. The Bertz CT molecular complexity index is 670. The van der Waals surface area contributed by atoms with Gasteiger partial charge in [-0.25, -0.2) is 9.97 Å². The molecular formula is C16H21N5O. The summed E-state index contributed by atoms with van der Waals surface area (Å²) in [6.45, 7) is 1.85. The first-order valence-electron chi connectivity index (χ1n) is 8.14. The number of nitrogens with one attached hydrogen (secondary N) is 2. The number of aromatic amines is 1. The van der Waals surface area contributed by atoms with E-state index >= 15 is 0 Å². The predicted octanol–water partition coefficient (Wildman–Crippen LogP) is 1.84. The van der Waals surface area contributed by atoms with E-state index in [-0.39, 0.29) is 11.8 Å². The van der Waals surface area contributed by atoms with E-state index < -0.39 is 0 Å². The van der Waals surface area contributed by atoms with Crippen LogP contribution < -0.4 is 10.2 Å². The fourth-order valence-electron chi connectivity index (χ4n) is 3.34. The van der Waals surface area contributed by atoms with Crippen LogP contribution in [0.2, 0.25) is 0 Å². The molecule has 0 spiro atoms. The Labute approximate surface area is 129 Å². The lowest BCUT2D eigenvalue weighted by Gasteiger charge is -2.35. The van der Waals surface area contributed by atoms with Gasteiger partial charge >= 0.3 is 0 Å². The van der Waals surface area contributed by atoms with E-state index in [1.807, 2.05) is 12.3 Å². The van der Waals surface area contributed by atoms with Crippen LogP contribution in [0, 0.1) is 5.92 Å². The number of amides is 1. The minimum absolute atomic E-state index is 0.264. The molecule has 2 aromatic rings. The molecule has 116 valence electrons. The maximum atomic E-state index is 12.0. The molecule has 22 heavy (non-hydrogen) atoms. The smallest absolute Gasteiger partial charge is 0.223 e. The van der Waals surface area contributed by atoms with E-state index in [1.54, 1.807) is 6.33 Å². The first-order chi connectivity index (χ1) is 10.8. The van der Waals surface area contributed by atoms with Crippen LogP contribution in [0.15, 0.2) is 18.6 Å². The number of hydrogen-bond donors (Lipinski definition) is 2. The van der Waals surface area contributed by atoms with Crippen molar-refractivity contribution in [3.63, 3.8) is 0 Å². The third kappa shape index (κ3) is 2.42. The van der Waals surface area contributed by atoms with Crippen molar-refractivity contribution in [3.05, 3.63) is 18.6 Å². The second-order valence-corrected chi connectivity index (χ2v) is 6.33. The van der Waals surface area contributed by atoms with Gasteiger partial charge < -0.3 is 15.2 Å². The van der Waals surface area contributed by atoms with Crippen LogP contribution in [0.25, 0.3) is 11.0 Å². The number of piperidine rings is 1. The number of H-pyrrole nitrogens is 1. The molecule has 4 rings (SSSR count). The van der Waals surface area contributed by atoms with Gasteiger partial charge in [0.2, 0.25) is 5.91 Å². The normalized spacial score (nSPS) is 20.1. The zero-order chi connectivity index (χ0) is 14.9. The number of fused-ring (bicyclic) bond motifs is 1. The Morgan fingerprint density at radius 2 is 2.05 bits per heavy atom. The Kier molecular flexibility index (Phi) is 3.44. The lowest BCUT2D eigenvalue weighted by molar-refractivity contribution is -0.128. The molecule has 1 aliphatic heterocycles. The van der Waals surface area contributed by atoms with Crippen molar-refractivity contribution in [1.82, 2.24) is 20.3 Å². The average molecular weight is 299 g/mol. The van der Waals surface area contributed by atoms with E-state index in [1.165, 1.54) is 6.42 Å². The number of anilines is 1. The maximum Gasteiger partial charge on any atom is 0.223 e. The van der Waals surface area contributed by atoms with Crippen LogP contribution in [0.4, 0.5) is 5.82 Å². The van der Waals surface area contributed by atoms with Crippen molar-refractivity contribution in [2.75, 3.05) is 18.0 Å². The Balaban J connectivity index is 1.39. The summed E-state index contributed by atoms with van der Waals surface area (Å²) in [4.78, 5) is 26.1. The topological polar surface area (TPSA) is 73.9 Å². The minimum atomic E-state index is 0.264. The SMILES string of the molecule is O=C(NC1CCN(c2ncnc3[nH]ccc23)CC1)C1CCC1. The quantitative estimate of drug-likeness (QED) is 0.907. The van der Waals surface area contributed by atoms with Gasteiger partial charge in [-0.3, -0.25) is 4.79 Å². The van der Waals surface area contributed by atoms with Crippen LogP contribution in [-0.4, -0.2) is 40.0 Å². The van der Waals surface area contributed by atoms with Gasteiger partial charge in [-0.1, -0.05) is 6.42 Å². The second kappa shape index (κ2) is 5.59. The van der Waals surface area contributed by atoms with Crippen molar-refractivity contribution in [2.24, 2.45) is 5.92 Å². The van der Waals surface area contributed by atoms with E-state index in [4.69, 9.17) is 0 Å². The van der Waals surface area contributed by atoms with Crippen LogP contribution in [0.5, 0.6) is 0 Å². The predicted molar refractivity (Wildman–Crippen MR) is 84.6 cm³/mol. The van der Waals surface area contributed by atoms with E-state index in [2.05, 4.69) is 25.2 Å². The Morgan fingerprint density at radius 1 is 1.23 bits per heavy atom. The lowest BCUT2D eigenvalue weighted by Crippen LogP contribution is -2.47. The van der Waals surface area contributed by atoms with Crippen LogP contribution >= 0.6 is 0 Å². The summed E-state index contributed by atoms with van der Waals surface area (Å²) >= 11 is 0. The highest BCUT2D eigenvalue weighted by atomic mass is 16.2. The molecule has 6 nitrogen and oxygen atoms in total. The average Bonchev–Trinajstić information content (AvgIpc) is 2.94. The summed E-state index contributed by atoms with van der Waals surface area (Å²) in [7, 11) is 0. The van der Waals surface area contributed by atoms with Crippen molar-refractivity contribution in [1.29, 1.82) is 0 Å². The molecule has 1 amide bonds. The third-order valence-corrected chi connectivity index (χ3v) is 4.95. The molecule has 2 aliphatic rings. The maximum absolute atomic E-state index is 12.0. The molecule has 1 aliphatic carbocycles. The van der Waals surface area contributed by atoms with Gasteiger partial charge in [0, 0.05) is 31.2 Å². The Hall–Kier alpha value is -2.11. The van der Waals surface area contributed by atoms with Gasteiger partial charge in [0.1, 0.15) is 17.8 Å². The molecule has 2 N–H and O–H groups in total. The summed E-state index contributed by atoms with van der Waals surface area (Å²) < 4.78 is 0. The molecular weight excluding hydrogens is 278 g/mol. The fraction of sp³-hybridized carbons (Fsp3) is 0.562. The number of carbonyl (C=O) groups excluding carboxylic acids is 1. The van der Waals surface area contributed by atoms with Gasteiger partial charge in [-0.2, -0.15) is 0 Å². The van der Waals surface area contributed by atoms with Crippen molar-refractivity contribution in [3.8, 4) is 0 Å². The van der Waals surface area contributed by atoms with Crippen LogP contribution in [0.3, 0.4) is 0 Å². The first kappa shape index (κ1) is 13.5. The van der Waals surface area contributed by atoms with E-state index in [0.29, 0.717) is 6.04 Å². The molecule has 2 fully saturated rings. The van der Waals surface area contributed by atoms with Crippen molar-refractivity contribution < 1.29 is 4.79 Å². The van der Waals surface area contributed by atoms with Crippen LogP contribution in [0.1, 0.15) is 32.1 Å². The highest BCUT2D eigenvalue weighted by Crippen LogP contribution is 2.28. The summed E-state index contributed by atoms with van der Waals surface area (Å²) in [6.07, 6.45) is 8.81. The van der Waals surface area contributed by atoms with Gasteiger partial charge in [-0.05, 0) is 31.7 Å². The standard InChI is InChI=1S/C16H21N5O/c22-16(11-2-1-3-11)20-12-5-8-21(9-6-12)15-13-4-7-17-14(13)18-10-19-15/h4,7,10-12H,1-3,5-6,8-9H2,(H,20,22)(H,17,18,19). The Morgan fingerprint density at radius 3 is 2.77 bits per heavy atom. The fourth-order valence-corrected chi connectivity index (χ4v) is 3.34. The zero-order valence-electron chi connectivity index (χ0n) is 12.6. The van der Waals surface area contributed by atoms with Gasteiger partial charge in [0.25, 0.3) is 0 Å². The zero-order valence-corrected chi connectivity index (χ0v) is 12.6. The lowest BCUT2D eigenvalue weighted by atomic mass is 9.84. The number of aromatic nitrogens is 3. The second-order valence-electron chi connectivity index (χ2n) is 6.33. The van der Waals surface area contributed by atoms with Gasteiger partial charge in [-0.15, -0.1) is 0 Å². The van der Waals surface area contributed by atoms with Gasteiger partial charge in [0.15, 0.2) is 0 Å². The van der Waals surface area contributed by atoms with E-state index in [0.717, 1.165) is 55.6 Å². The van der Waals surface area contributed by atoms with Crippen molar-refractivity contribution in [2.45, 2.75) is 38.1 Å². The molecule has 6 heteroatoms. The monoisotopic (exact) mass is 299 g/mol. The molecule has 0 unspecified atom stereocenters. The molecule has 2 aromatic heterocycles. The van der Waals surface area contributed by atoms with Crippen molar-refractivity contribution >= 4 is 22.8 Å². The summed E-state index contributed by atoms with van der Waals surface area (Å²) in [5, 5.41) is 4.29. The first-order valence-corrected chi connectivity index (χ1v) is 8.14. The molecule has 0 bridgehead atoms. The highest BCUT2D eigenvalue weighted by molar-refractivity contribution is 5.87. The molecule has 1 saturated heterocycles. The van der Waals surface area contributed by atoms with Crippen LogP contribution in [-0.2, 0) is 4.79 Å². The molecule has 3 heterocycles. The molecule has 0 atom stereocenters. The number of rotatable bonds is 3. The minimum Gasteiger partial charge on any atom is -0.356 e. The number of nitrogens with zero attached hydrogens (tertiary/aromatic N) is 3. The van der Waals surface area contributed by atoms with Gasteiger partial charge in [0.05, 0.1) is 5.39 Å². The molecule has 0 radical (unpaired) electrons. The number of hydrogen-bond acceptors (Lipinski definition) is 4. The molecule has 1 saturated carbocycles. The third-order valence-electron chi connectivity index (χ3n) is 4.95. The van der Waals surface area contributed by atoms with E-state index in [9.17, 15) is 4.79 Å². The molecule has 0 aromatic carbocycles. The summed E-state index contributed by atoms with van der Waals surface area (Å²) in [6, 6.07) is 2.34. The largest absolute Gasteiger partial charge is 0.356 e.